The average Bonchev–Trinajstić information content (AvgIpc) is 2.34. The van der Waals surface area contributed by atoms with Crippen LogP contribution >= 0.6 is 11.6 Å². The monoisotopic (exact) mass is 264 g/mol. The van der Waals surface area contributed by atoms with Gasteiger partial charge in [-0.25, -0.2) is 4.39 Å². The molecule has 0 saturated heterocycles. The molecule has 1 nitrogen and oxygen atoms in total. The van der Waals surface area contributed by atoms with Gasteiger partial charge < -0.3 is 5.11 Å². The van der Waals surface area contributed by atoms with Crippen LogP contribution in [-0.2, 0) is 6.42 Å². The van der Waals surface area contributed by atoms with E-state index in [0.717, 1.165) is 11.1 Å². The predicted octanol–water partition coefficient (Wildman–Crippen LogP) is 4.06. The summed E-state index contributed by atoms with van der Waals surface area (Å²) in [7, 11) is 0. The van der Waals surface area contributed by atoms with E-state index < -0.39 is 6.10 Å². The van der Waals surface area contributed by atoms with Gasteiger partial charge in [-0.3, -0.25) is 0 Å². The van der Waals surface area contributed by atoms with Crippen LogP contribution in [0.15, 0.2) is 42.5 Å². The van der Waals surface area contributed by atoms with Crippen LogP contribution in [0.4, 0.5) is 4.39 Å². The lowest BCUT2D eigenvalue weighted by atomic mass is 9.97. The Morgan fingerprint density at radius 1 is 1.17 bits per heavy atom. The molecule has 0 aliphatic rings. The zero-order chi connectivity index (χ0) is 13.1. The van der Waals surface area contributed by atoms with Crippen LogP contribution in [0.1, 0.15) is 22.8 Å². The summed E-state index contributed by atoms with van der Waals surface area (Å²) in [5.74, 6) is -0.380. The maximum absolute atomic E-state index is 13.6. The van der Waals surface area contributed by atoms with Gasteiger partial charge >= 0.3 is 0 Å². The second-order valence-electron chi connectivity index (χ2n) is 4.28. The third-order valence-corrected chi connectivity index (χ3v) is 3.36. The Morgan fingerprint density at radius 2 is 1.89 bits per heavy atom. The van der Waals surface area contributed by atoms with E-state index in [4.69, 9.17) is 11.6 Å². The molecule has 0 aliphatic carbocycles. The first kappa shape index (κ1) is 13.1. The van der Waals surface area contributed by atoms with Crippen LogP contribution in [0, 0.1) is 12.7 Å². The molecule has 1 atom stereocenters. The van der Waals surface area contributed by atoms with Crippen molar-refractivity contribution in [1.82, 2.24) is 0 Å². The van der Waals surface area contributed by atoms with Gasteiger partial charge in [0, 0.05) is 17.0 Å². The summed E-state index contributed by atoms with van der Waals surface area (Å²) < 4.78 is 13.6. The van der Waals surface area contributed by atoms with E-state index in [1.165, 1.54) is 6.07 Å². The lowest BCUT2D eigenvalue weighted by molar-refractivity contribution is 0.176. The quantitative estimate of drug-likeness (QED) is 0.886. The van der Waals surface area contributed by atoms with Gasteiger partial charge in [0.05, 0.1) is 6.10 Å². The van der Waals surface area contributed by atoms with Crippen molar-refractivity contribution >= 4 is 11.6 Å². The Morgan fingerprint density at radius 3 is 2.56 bits per heavy atom. The molecule has 18 heavy (non-hydrogen) atoms. The normalized spacial score (nSPS) is 12.4. The van der Waals surface area contributed by atoms with E-state index in [-0.39, 0.29) is 12.2 Å². The summed E-state index contributed by atoms with van der Waals surface area (Å²) in [6.07, 6.45) is -0.573. The summed E-state index contributed by atoms with van der Waals surface area (Å²) in [6, 6.07) is 12.1. The Balaban J connectivity index is 2.27. The molecule has 2 aromatic rings. The second-order valence-corrected chi connectivity index (χ2v) is 4.68. The van der Waals surface area contributed by atoms with Crippen molar-refractivity contribution in [3.63, 3.8) is 0 Å². The van der Waals surface area contributed by atoms with E-state index in [9.17, 15) is 9.50 Å². The molecule has 0 saturated carbocycles. The number of benzene rings is 2. The standard InChI is InChI=1S/C15H14ClFO/c1-10-5-2-3-6-11(10)15(18)9-12-13(16)7-4-8-14(12)17/h2-8,15,18H,9H2,1H3. The molecule has 2 aromatic carbocycles. The molecule has 1 unspecified atom stereocenters. The zero-order valence-corrected chi connectivity index (χ0v) is 10.8. The lowest BCUT2D eigenvalue weighted by Gasteiger charge is -2.15. The number of hydrogen-bond acceptors (Lipinski definition) is 1. The summed E-state index contributed by atoms with van der Waals surface area (Å²) in [5, 5.41) is 10.5. The smallest absolute Gasteiger partial charge is 0.127 e. The predicted molar refractivity (Wildman–Crippen MR) is 71.3 cm³/mol. The number of aliphatic hydroxyl groups excluding tert-OH is 1. The van der Waals surface area contributed by atoms with E-state index in [1.54, 1.807) is 12.1 Å². The molecule has 1 N–H and O–H groups in total. The number of aliphatic hydroxyl groups is 1. The van der Waals surface area contributed by atoms with Gasteiger partial charge in [-0.1, -0.05) is 41.9 Å². The lowest BCUT2D eigenvalue weighted by Crippen LogP contribution is -2.05. The highest BCUT2D eigenvalue weighted by molar-refractivity contribution is 6.31. The van der Waals surface area contributed by atoms with Gasteiger partial charge in [-0.05, 0) is 30.2 Å². The second kappa shape index (κ2) is 5.51. The van der Waals surface area contributed by atoms with E-state index in [2.05, 4.69) is 0 Å². The van der Waals surface area contributed by atoms with Gasteiger partial charge in [0.1, 0.15) is 5.82 Å². The molecule has 0 spiro atoms. The zero-order valence-electron chi connectivity index (χ0n) is 10.0. The molecule has 0 bridgehead atoms. The van der Waals surface area contributed by atoms with Crippen LogP contribution in [0.2, 0.25) is 5.02 Å². The molecule has 0 aromatic heterocycles. The fraction of sp³-hybridized carbons (Fsp3) is 0.200. The van der Waals surface area contributed by atoms with Crippen molar-refractivity contribution in [1.29, 1.82) is 0 Å². The third kappa shape index (κ3) is 2.71. The van der Waals surface area contributed by atoms with E-state index in [1.807, 2.05) is 31.2 Å². The Hall–Kier alpha value is -1.38. The van der Waals surface area contributed by atoms with Gasteiger partial charge in [0.25, 0.3) is 0 Å². The van der Waals surface area contributed by atoms with Crippen LogP contribution in [0.25, 0.3) is 0 Å². The van der Waals surface area contributed by atoms with Gasteiger partial charge in [-0.15, -0.1) is 0 Å². The first-order valence-corrected chi connectivity index (χ1v) is 6.14. The fourth-order valence-electron chi connectivity index (χ4n) is 1.99. The molecule has 0 radical (unpaired) electrons. The first-order valence-electron chi connectivity index (χ1n) is 5.76. The summed E-state index contributed by atoms with van der Waals surface area (Å²) in [5.41, 5.74) is 2.14. The van der Waals surface area contributed by atoms with Crippen molar-refractivity contribution < 1.29 is 9.50 Å². The van der Waals surface area contributed by atoms with Crippen LogP contribution in [-0.4, -0.2) is 5.11 Å². The SMILES string of the molecule is Cc1ccccc1C(O)Cc1c(F)cccc1Cl. The topological polar surface area (TPSA) is 20.2 Å². The van der Waals surface area contributed by atoms with Crippen molar-refractivity contribution in [2.24, 2.45) is 0 Å². The molecular weight excluding hydrogens is 251 g/mol. The minimum Gasteiger partial charge on any atom is -0.388 e. The summed E-state index contributed by atoms with van der Waals surface area (Å²) >= 11 is 5.95. The minimum atomic E-state index is -0.749. The third-order valence-electron chi connectivity index (χ3n) is 3.01. The minimum absolute atomic E-state index is 0.177. The highest BCUT2D eigenvalue weighted by atomic mass is 35.5. The molecule has 3 heteroatoms. The van der Waals surface area contributed by atoms with E-state index in [0.29, 0.717) is 10.6 Å². The van der Waals surface area contributed by atoms with Gasteiger partial charge in [-0.2, -0.15) is 0 Å². The maximum atomic E-state index is 13.6. The molecule has 0 heterocycles. The number of halogens is 2. The molecule has 0 fully saturated rings. The van der Waals surface area contributed by atoms with Crippen molar-refractivity contribution in [3.8, 4) is 0 Å². The number of rotatable bonds is 3. The molecule has 2 rings (SSSR count). The first-order chi connectivity index (χ1) is 8.59. The van der Waals surface area contributed by atoms with Gasteiger partial charge in [0.15, 0.2) is 0 Å². The van der Waals surface area contributed by atoms with Crippen molar-refractivity contribution in [2.75, 3.05) is 0 Å². The average molecular weight is 265 g/mol. The Kier molecular flexibility index (Phi) is 4.00. The van der Waals surface area contributed by atoms with Crippen LogP contribution in [0.5, 0.6) is 0 Å². The van der Waals surface area contributed by atoms with Gasteiger partial charge in [0.2, 0.25) is 0 Å². The molecule has 94 valence electrons. The number of aryl methyl sites for hydroxylation is 1. The molecule has 0 amide bonds. The fourth-order valence-corrected chi connectivity index (χ4v) is 2.23. The van der Waals surface area contributed by atoms with Crippen LogP contribution < -0.4 is 0 Å². The van der Waals surface area contributed by atoms with E-state index >= 15 is 0 Å². The largest absolute Gasteiger partial charge is 0.388 e. The Bertz CT molecular complexity index is 534. The highest BCUT2D eigenvalue weighted by Gasteiger charge is 2.15. The van der Waals surface area contributed by atoms with Crippen molar-refractivity contribution in [2.45, 2.75) is 19.4 Å². The number of hydrogen-bond donors (Lipinski definition) is 1. The molecular formula is C15H14ClFO. The highest BCUT2D eigenvalue weighted by Crippen LogP contribution is 2.27. The Labute approximate surface area is 111 Å². The summed E-state index contributed by atoms with van der Waals surface area (Å²) in [6.45, 7) is 1.92. The maximum Gasteiger partial charge on any atom is 0.127 e. The van der Waals surface area contributed by atoms with Crippen LogP contribution in [0.3, 0.4) is 0 Å². The van der Waals surface area contributed by atoms with Crippen molar-refractivity contribution in [3.05, 3.63) is 70.0 Å². The summed E-state index contributed by atoms with van der Waals surface area (Å²) in [4.78, 5) is 0. The molecule has 0 aliphatic heterocycles.